The monoisotopic (exact) mass is 305 g/mol. The number of nitrogens with zero attached hydrogens (tertiary/aromatic N) is 2. The van der Waals surface area contributed by atoms with E-state index >= 15 is 0 Å². The average molecular weight is 306 g/mol. The third-order valence-electron chi connectivity index (χ3n) is 3.68. The van der Waals surface area contributed by atoms with Crippen LogP contribution in [0, 0.1) is 0 Å². The summed E-state index contributed by atoms with van der Waals surface area (Å²) < 4.78 is 4.96. The van der Waals surface area contributed by atoms with E-state index < -0.39 is 0 Å². The van der Waals surface area contributed by atoms with E-state index in [2.05, 4.69) is 10.3 Å². The number of amides is 1. The molecule has 1 N–H and O–H groups in total. The van der Waals surface area contributed by atoms with E-state index in [0.717, 1.165) is 31.6 Å². The fourth-order valence-corrected chi connectivity index (χ4v) is 2.68. The Labute approximate surface area is 127 Å². The number of carbonyl (C=O) groups excluding carboxylic acids is 1. The van der Waals surface area contributed by atoms with Gasteiger partial charge in [-0.1, -0.05) is 11.6 Å². The second kappa shape index (κ2) is 6.18. The lowest BCUT2D eigenvalue weighted by atomic mass is 10.0. The molecule has 1 saturated heterocycles. The van der Waals surface area contributed by atoms with Gasteiger partial charge in [-0.2, -0.15) is 0 Å². The first kappa shape index (κ1) is 13.9. The molecule has 21 heavy (non-hydrogen) atoms. The van der Waals surface area contributed by atoms with Gasteiger partial charge >= 0.3 is 0 Å². The fourth-order valence-electron chi connectivity index (χ4n) is 2.51. The third kappa shape index (κ3) is 3.19. The normalized spacial score (nSPS) is 16.0. The quantitative estimate of drug-likeness (QED) is 0.947. The number of likely N-dealkylation sites (tertiary alicyclic amines) is 1. The zero-order chi connectivity index (χ0) is 14.7. The Balaban J connectivity index is 1.56. The number of rotatable bonds is 3. The molecule has 0 bridgehead atoms. The van der Waals surface area contributed by atoms with Gasteiger partial charge < -0.3 is 14.6 Å². The van der Waals surface area contributed by atoms with E-state index in [4.69, 9.17) is 16.0 Å². The number of halogens is 1. The highest BCUT2D eigenvalue weighted by Crippen LogP contribution is 2.23. The molecular formula is C15H16ClN3O2. The fraction of sp³-hybridized carbons (Fsp3) is 0.333. The maximum absolute atomic E-state index is 12.2. The molecule has 0 spiro atoms. The van der Waals surface area contributed by atoms with E-state index in [1.54, 1.807) is 18.5 Å². The molecule has 0 unspecified atom stereocenters. The summed E-state index contributed by atoms with van der Waals surface area (Å²) >= 11 is 6.09. The minimum atomic E-state index is 0.0316. The molecule has 2 aromatic heterocycles. The Hall–Kier alpha value is -2.01. The molecule has 0 atom stereocenters. The van der Waals surface area contributed by atoms with E-state index in [0.29, 0.717) is 16.6 Å². The molecule has 0 saturated carbocycles. The molecule has 2 aromatic rings. The van der Waals surface area contributed by atoms with Gasteiger partial charge in [0.2, 0.25) is 0 Å². The number of aromatic nitrogens is 1. The van der Waals surface area contributed by atoms with E-state index in [1.165, 1.54) is 12.5 Å². The molecule has 0 aliphatic carbocycles. The van der Waals surface area contributed by atoms with Gasteiger partial charge in [0.15, 0.2) is 0 Å². The van der Waals surface area contributed by atoms with Crippen LogP contribution in [0.1, 0.15) is 23.2 Å². The summed E-state index contributed by atoms with van der Waals surface area (Å²) in [5.41, 5.74) is 1.50. The largest absolute Gasteiger partial charge is 0.472 e. The van der Waals surface area contributed by atoms with Crippen molar-refractivity contribution in [3.8, 4) is 0 Å². The van der Waals surface area contributed by atoms with Crippen molar-refractivity contribution in [1.82, 2.24) is 9.88 Å². The Bertz CT molecular complexity index is 607. The predicted molar refractivity (Wildman–Crippen MR) is 80.5 cm³/mol. The van der Waals surface area contributed by atoms with Gasteiger partial charge in [-0.3, -0.25) is 9.78 Å². The van der Waals surface area contributed by atoms with Crippen molar-refractivity contribution >= 4 is 23.2 Å². The van der Waals surface area contributed by atoms with Gasteiger partial charge in [0.25, 0.3) is 5.91 Å². The van der Waals surface area contributed by atoms with E-state index in [-0.39, 0.29) is 5.91 Å². The number of anilines is 1. The summed E-state index contributed by atoms with van der Waals surface area (Å²) in [6.45, 7) is 1.45. The van der Waals surface area contributed by atoms with Crippen LogP contribution in [0.25, 0.3) is 0 Å². The SMILES string of the molecule is O=C(c1ccoc1)N1CCC(Nc2ccncc2Cl)CC1. The molecular weight excluding hydrogens is 290 g/mol. The molecule has 6 heteroatoms. The molecule has 1 amide bonds. The first-order valence-electron chi connectivity index (χ1n) is 6.91. The molecule has 110 valence electrons. The van der Waals surface area contributed by atoms with Gasteiger partial charge in [-0.25, -0.2) is 0 Å². The zero-order valence-electron chi connectivity index (χ0n) is 11.5. The van der Waals surface area contributed by atoms with Crippen molar-refractivity contribution in [3.63, 3.8) is 0 Å². The second-order valence-corrected chi connectivity index (χ2v) is 5.49. The Morgan fingerprint density at radius 1 is 1.38 bits per heavy atom. The molecule has 0 aromatic carbocycles. The smallest absolute Gasteiger partial charge is 0.257 e. The first-order chi connectivity index (χ1) is 10.2. The Morgan fingerprint density at radius 3 is 2.86 bits per heavy atom. The highest BCUT2D eigenvalue weighted by Gasteiger charge is 2.24. The van der Waals surface area contributed by atoms with Crippen LogP contribution in [0.15, 0.2) is 41.5 Å². The number of furan rings is 1. The minimum Gasteiger partial charge on any atom is -0.472 e. The molecule has 0 radical (unpaired) electrons. The molecule has 5 nitrogen and oxygen atoms in total. The molecule has 3 rings (SSSR count). The maximum Gasteiger partial charge on any atom is 0.257 e. The second-order valence-electron chi connectivity index (χ2n) is 5.08. The number of hydrogen-bond acceptors (Lipinski definition) is 4. The zero-order valence-corrected chi connectivity index (χ0v) is 12.2. The van der Waals surface area contributed by atoms with Gasteiger partial charge in [-0.05, 0) is 25.0 Å². The number of nitrogens with one attached hydrogen (secondary N) is 1. The van der Waals surface area contributed by atoms with Crippen molar-refractivity contribution in [3.05, 3.63) is 47.6 Å². The number of carbonyl (C=O) groups is 1. The standard InChI is InChI=1S/C15H16ClN3O2/c16-13-9-17-5-1-14(13)18-12-2-6-19(7-3-12)15(20)11-4-8-21-10-11/h1,4-5,8-10,12H,2-3,6-7H2,(H,17,18). The summed E-state index contributed by atoms with van der Waals surface area (Å²) in [6, 6.07) is 3.88. The lowest BCUT2D eigenvalue weighted by Gasteiger charge is -2.32. The molecule has 1 aliphatic heterocycles. The van der Waals surface area contributed by atoms with Crippen molar-refractivity contribution in [2.45, 2.75) is 18.9 Å². The minimum absolute atomic E-state index is 0.0316. The van der Waals surface area contributed by atoms with Crippen LogP contribution in [0.4, 0.5) is 5.69 Å². The van der Waals surface area contributed by atoms with Gasteiger partial charge in [0.05, 0.1) is 22.5 Å². The first-order valence-corrected chi connectivity index (χ1v) is 7.29. The highest BCUT2D eigenvalue weighted by atomic mass is 35.5. The lowest BCUT2D eigenvalue weighted by molar-refractivity contribution is 0.0718. The van der Waals surface area contributed by atoms with Crippen molar-refractivity contribution in [2.75, 3.05) is 18.4 Å². The molecule has 3 heterocycles. The van der Waals surface area contributed by atoms with Crippen LogP contribution >= 0.6 is 11.6 Å². The lowest BCUT2D eigenvalue weighted by Crippen LogP contribution is -2.42. The summed E-state index contributed by atoms with van der Waals surface area (Å²) in [5, 5.41) is 4.03. The third-order valence-corrected chi connectivity index (χ3v) is 3.98. The van der Waals surface area contributed by atoms with Crippen molar-refractivity contribution in [2.24, 2.45) is 0 Å². The summed E-state index contributed by atoms with van der Waals surface area (Å²) in [4.78, 5) is 18.0. The van der Waals surface area contributed by atoms with Gasteiger partial charge in [0, 0.05) is 31.5 Å². The van der Waals surface area contributed by atoms with E-state index in [1.807, 2.05) is 11.0 Å². The van der Waals surface area contributed by atoms with Crippen molar-refractivity contribution < 1.29 is 9.21 Å². The summed E-state index contributed by atoms with van der Waals surface area (Å²) in [5.74, 6) is 0.0316. The Kier molecular flexibility index (Phi) is 4.10. The number of piperidine rings is 1. The summed E-state index contributed by atoms with van der Waals surface area (Å²) in [7, 11) is 0. The highest BCUT2D eigenvalue weighted by molar-refractivity contribution is 6.33. The average Bonchev–Trinajstić information content (AvgIpc) is 3.04. The van der Waals surface area contributed by atoms with E-state index in [9.17, 15) is 4.79 Å². The van der Waals surface area contributed by atoms with Crippen LogP contribution in [0.5, 0.6) is 0 Å². The van der Waals surface area contributed by atoms with Crippen molar-refractivity contribution in [1.29, 1.82) is 0 Å². The van der Waals surface area contributed by atoms with Crippen LogP contribution in [0.3, 0.4) is 0 Å². The maximum atomic E-state index is 12.2. The predicted octanol–water partition coefficient (Wildman–Crippen LogP) is 3.04. The van der Waals surface area contributed by atoms with Crippen LogP contribution < -0.4 is 5.32 Å². The van der Waals surface area contributed by atoms with Crippen LogP contribution in [-0.2, 0) is 0 Å². The topological polar surface area (TPSA) is 58.4 Å². The number of pyridine rings is 1. The van der Waals surface area contributed by atoms with Crippen LogP contribution in [0.2, 0.25) is 5.02 Å². The van der Waals surface area contributed by atoms with Crippen LogP contribution in [-0.4, -0.2) is 34.9 Å². The molecule has 1 fully saturated rings. The summed E-state index contributed by atoms with van der Waals surface area (Å²) in [6.07, 6.45) is 8.13. The number of hydrogen-bond donors (Lipinski definition) is 1. The van der Waals surface area contributed by atoms with Gasteiger partial charge in [-0.15, -0.1) is 0 Å². The molecule has 1 aliphatic rings. The van der Waals surface area contributed by atoms with Gasteiger partial charge in [0.1, 0.15) is 6.26 Å². The Morgan fingerprint density at radius 2 is 2.19 bits per heavy atom.